The maximum atomic E-state index is 12.5. The maximum absolute atomic E-state index is 12.5. The third-order valence-corrected chi connectivity index (χ3v) is 7.56. The summed E-state index contributed by atoms with van der Waals surface area (Å²) >= 11 is 0. The highest BCUT2D eigenvalue weighted by atomic mass is 127. The fraction of sp³-hybridized carbons (Fsp3) is 0.483. The Hall–Kier alpha value is -3.42. The lowest BCUT2D eigenvalue weighted by Crippen LogP contribution is -3.00. The summed E-state index contributed by atoms with van der Waals surface area (Å²) in [5.74, 6) is 1.88. The first-order valence-corrected chi connectivity index (χ1v) is 14.0. The van der Waals surface area contributed by atoms with Gasteiger partial charge in [-0.2, -0.15) is 0 Å². The molecule has 3 aromatic heterocycles. The van der Waals surface area contributed by atoms with E-state index in [1.54, 1.807) is 6.20 Å². The maximum Gasteiger partial charge on any atom is 0.410 e. The zero-order valence-electron chi connectivity index (χ0n) is 24.4. The summed E-state index contributed by atoms with van der Waals surface area (Å²) in [6.07, 6.45) is 4.04. The molecule has 12 heteroatoms. The second-order valence-electron chi connectivity index (χ2n) is 11.3. The molecule has 4 heterocycles. The number of nitrogens with one attached hydrogen (secondary N) is 1. The number of nitrogens with two attached hydrogens (primary N) is 1. The van der Waals surface area contributed by atoms with Gasteiger partial charge in [-0.05, 0) is 77.1 Å². The molecule has 11 nitrogen and oxygen atoms in total. The Kier molecular flexibility index (Phi) is 9.10. The van der Waals surface area contributed by atoms with Crippen LogP contribution in [-0.4, -0.2) is 55.6 Å². The number of nitrogens with zero attached hydrogens (tertiary/aromatic N) is 6. The van der Waals surface area contributed by atoms with Crippen LogP contribution in [0.5, 0.6) is 0 Å². The Labute approximate surface area is 257 Å². The summed E-state index contributed by atoms with van der Waals surface area (Å²) in [6, 6.07) is 8.46. The van der Waals surface area contributed by atoms with Crippen LogP contribution in [0.25, 0.3) is 22.2 Å². The normalized spacial score (nSPS) is 14.3. The molecule has 1 fully saturated rings. The number of hydrogen-bond acceptors (Lipinski definition) is 6. The number of halogens is 1. The van der Waals surface area contributed by atoms with Crippen molar-refractivity contribution in [2.24, 2.45) is 0 Å². The zero-order chi connectivity index (χ0) is 28.6. The molecule has 3 N–H and O–H groups in total. The minimum absolute atomic E-state index is 0. The minimum atomic E-state index is -0.497. The van der Waals surface area contributed by atoms with Gasteiger partial charge in [-0.3, -0.25) is 9.69 Å². The van der Waals surface area contributed by atoms with E-state index in [4.69, 9.17) is 10.5 Å². The molecule has 0 unspecified atom stereocenters. The molecule has 0 atom stereocenters. The summed E-state index contributed by atoms with van der Waals surface area (Å²) in [7, 11) is 0. The van der Waals surface area contributed by atoms with Crippen LogP contribution in [0.15, 0.2) is 30.5 Å². The second kappa shape index (κ2) is 12.2. The van der Waals surface area contributed by atoms with E-state index in [0.717, 1.165) is 49.2 Å². The average Bonchev–Trinajstić information content (AvgIpc) is 3.50. The monoisotopic (exact) mass is 674 g/mol. The summed E-state index contributed by atoms with van der Waals surface area (Å²) in [6.45, 7) is 13.0. The quantitative estimate of drug-likeness (QED) is 0.172. The lowest BCUT2D eigenvalue weighted by Gasteiger charge is -2.33. The molecule has 220 valence electrons. The summed E-state index contributed by atoms with van der Waals surface area (Å²) in [5.41, 5.74) is 10.4. The summed E-state index contributed by atoms with van der Waals surface area (Å²) in [4.78, 5) is 40.2. The van der Waals surface area contributed by atoms with Crippen molar-refractivity contribution in [3.8, 4) is 0 Å². The Morgan fingerprint density at radius 2 is 1.95 bits per heavy atom. The van der Waals surface area contributed by atoms with Gasteiger partial charge in [0.15, 0.2) is 28.3 Å². The van der Waals surface area contributed by atoms with Gasteiger partial charge in [-0.1, -0.05) is 6.07 Å². The van der Waals surface area contributed by atoms with Gasteiger partial charge in [0.1, 0.15) is 17.7 Å². The number of fused-ring (bicyclic) bond motifs is 2. The Morgan fingerprint density at radius 1 is 1.22 bits per heavy atom. The van der Waals surface area contributed by atoms with Gasteiger partial charge >= 0.3 is 6.09 Å². The lowest BCUT2D eigenvalue weighted by atomic mass is 9.89. The van der Waals surface area contributed by atoms with E-state index >= 15 is 0 Å². The zero-order valence-corrected chi connectivity index (χ0v) is 26.5. The second-order valence-corrected chi connectivity index (χ2v) is 11.3. The fourth-order valence-corrected chi connectivity index (χ4v) is 5.66. The number of hydrogen-bond donors (Lipinski definition) is 2. The number of carbonyl (C=O) groups excluding carboxylic acids is 2. The number of aromatic nitrogens is 5. The summed E-state index contributed by atoms with van der Waals surface area (Å²) < 4.78 is 10.1. The van der Waals surface area contributed by atoms with Crippen LogP contribution in [0.1, 0.15) is 64.8 Å². The smallest absolute Gasteiger partial charge is 0.410 e. The topological polar surface area (TPSA) is 126 Å². The van der Waals surface area contributed by atoms with Crippen molar-refractivity contribution in [3.63, 3.8) is 0 Å². The summed E-state index contributed by atoms with van der Waals surface area (Å²) in [5, 5.41) is 0. The third kappa shape index (κ3) is 6.11. The molecule has 2 amide bonds. The molecular weight excluding hydrogens is 635 g/mol. The first-order chi connectivity index (χ1) is 19.1. The molecule has 4 aromatic rings. The van der Waals surface area contributed by atoms with E-state index in [1.165, 1.54) is 10.5 Å². The molecule has 0 aliphatic carbocycles. The van der Waals surface area contributed by atoms with Crippen molar-refractivity contribution < 1.29 is 42.9 Å². The highest BCUT2D eigenvalue weighted by Crippen LogP contribution is 2.31. The van der Waals surface area contributed by atoms with Gasteiger partial charge in [-0.25, -0.2) is 23.9 Å². The first-order valence-electron chi connectivity index (χ1n) is 14.0. The van der Waals surface area contributed by atoms with E-state index in [2.05, 4.69) is 56.1 Å². The average molecular weight is 675 g/mol. The largest absolute Gasteiger partial charge is 1.00 e. The van der Waals surface area contributed by atoms with Gasteiger partial charge in [0.05, 0.1) is 13.1 Å². The van der Waals surface area contributed by atoms with Crippen molar-refractivity contribution in [1.82, 2.24) is 24.4 Å². The molecule has 1 aliphatic heterocycles. The number of ether oxygens (including phenoxy) is 1. The number of H-pyrrole nitrogens is 1. The number of imidazole rings is 1. The molecule has 1 aromatic carbocycles. The van der Waals surface area contributed by atoms with Gasteiger partial charge in [0.25, 0.3) is 5.82 Å². The van der Waals surface area contributed by atoms with Crippen LogP contribution in [0, 0.1) is 0 Å². The lowest BCUT2D eigenvalue weighted by molar-refractivity contribution is -0.676. The molecule has 0 spiro atoms. The molecule has 0 radical (unpaired) electrons. The van der Waals surface area contributed by atoms with Crippen molar-refractivity contribution in [3.05, 3.63) is 41.9 Å². The van der Waals surface area contributed by atoms with E-state index in [-0.39, 0.29) is 35.9 Å². The molecule has 1 aliphatic rings. The number of anilines is 2. The minimum Gasteiger partial charge on any atom is -1.00 e. The standard InChI is InChI=1S/C29H39N8O3.HI/c1-6-36-22-9-8-20(19-11-14-34(15-12-19)28(39)40-29(3,4)5)16-23(22)37(7-2)24(36)17-35(18-38)27-25(30)33-26-21(32-27)10-13-31-26;/h8-10,13,16,18-19H,6-7,11-12,14-15,17H2,1-5H3,(H3,30,31,33);1H/q+1;/p-1. The van der Waals surface area contributed by atoms with Crippen molar-refractivity contribution >= 4 is 46.3 Å². The predicted octanol–water partition coefficient (Wildman–Crippen LogP) is 1.10. The van der Waals surface area contributed by atoms with Crippen molar-refractivity contribution in [2.45, 2.75) is 78.6 Å². The molecule has 41 heavy (non-hydrogen) atoms. The predicted molar refractivity (Wildman–Crippen MR) is 154 cm³/mol. The number of piperidine rings is 1. The first kappa shape index (κ1) is 30.5. The van der Waals surface area contributed by atoms with Crippen molar-refractivity contribution in [1.29, 1.82) is 0 Å². The highest BCUT2D eigenvalue weighted by Gasteiger charge is 2.30. The SMILES string of the molecule is CCn1c(CN(C=O)c2nc3cc[nH]c3nc2N)[n+](CC)c2ccc(C3CCN(C(=O)OC(C)(C)C)CC3)cc21.[I-]. The van der Waals surface area contributed by atoms with Gasteiger partial charge < -0.3 is 44.3 Å². The van der Waals surface area contributed by atoms with E-state index in [1.807, 2.05) is 31.7 Å². The Bertz CT molecular complexity index is 1550. The van der Waals surface area contributed by atoms with Crippen LogP contribution >= 0.6 is 0 Å². The van der Waals surface area contributed by atoms with Crippen LogP contribution < -0.4 is 39.2 Å². The van der Waals surface area contributed by atoms with Crippen LogP contribution in [-0.2, 0) is 29.2 Å². The van der Waals surface area contributed by atoms with E-state index < -0.39 is 5.60 Å². The molecule has 0 bridgehead atoms. The molecule has 0 saturated carbocycles. The number of aryl methyl sites for hydroxylation is 2. The molecule has 1 saturated heterocycles. The Morgan fingerprint density at radius 3 is 2.59 bits per heavy atom. The number of likely N-dealkylation sites (tertiary alicyclic amines) is 1. The number of benzene rings is 1. The number of amides is 2. The van der Waals surface area contributed by atoms with Gasteiger partial charge in [0, 0.05) is 19.3 Å². The number of rotatable bonds is 7. The van der Waals surface area contributed by atoms with Crippen LogP contribution in [0.4, 0.5) is 16.4 Å². The van der Waals surface area contributed by atoms with Crippen molar-refractivity contribution in [2.75, 3.05) is 23.7 Å². The van der Waals surface area contributed by atoms with Crippen LogP contribution in [0.2, 0.25) is 0 Å². The van der Waals surface area contributed by atoms with Gasteiger partial charge in [0.2, 0.25) is 6.41 Å². The van der Waals surface area contributed by atoms with Crippen LogP contribution in [0.3, 0.4) is 0 Å². The van der Waals surface area contributed by atoms with Gasteiger partial charge in [-0.15, -0.1) is 0 Å². The fourth-order valence-electron chi connectivity index (χ4n) is 5.66. The Balaban J connectivity index is 0.00000387. The number of carbonyl (C=O) groups is 2. The highest BCUT2D eigenvalue weighted by molar-refractivity contribution is 5.84. The van der Waals surface area contributed by atoms with E-state index in [9.17, 15) is 9.59 Å². The number of aromatic amines is 1. The molecule has 5 rings (SSSR count). The third-order valence-electron chi connectivity index (χ3n) is 7.56. The molecular formula is C29H39IN8O3. The van der Waals surface area contributed by atoms with E-state index in [0.29, 0.717) is 42.5 Å². The number of nitrogen functional groups attached to an aromatic ring is 1.